The number of carbonyl (C=O) groups excluding carboxylic acids is 1. The Morgan fingerprint density at radius 1 is 1.25 bits per heavy atom. The molecule has 12 heavy (non-hydrogen) atoms. The van der Waals surface area contributed by atoms with E-state index in [1.54, 1.807) is 6.92 Å². The van der Waals surface area contributed by atoms with E-state index in [9.17, 15) is 4.79 Å². The second-order valence-electron chi connectivity index (χ2n) is 3.92. The van der Waals surface area contributed by atoms with Crippen molar-refractivity contribution in [1.29, 1.82) is 0 Å². The van der Waals surface area contributed by atoms with Crippen LogP contribution in [0.4, 0.5) is 0 Å². The van der Waals surface area contributed by atoms with Crippen LogP contribution in [0.25, 0.3) is 0 Å². The molecule has 0 saturated heterocycles. The summed E-state index contributed by atoms with van der Waals surface area (Å²) in [7, 11) is 0. The van der Waals surface area contributed by atoms with Gasteiger partial charge in [-0.2, -0.15) is 0 Å². The Balaban J connectivity index is 2.41. The Labute approximate surface area is 74.7 Å². The van der Waals surface area contributed by atoms with Crippen molar-refractivity contribution < 1.29 is 4.79 Å². The summed E-state index contributed by atoms with van der Waals surface area (Å²) in [5.41, 5.74) is 0. The van der Waals surface area contributed by atoms with Gasteiger partial charge in [-0.25, -0.2) is 0 Å². The zero-order valence-electron chi connectivity index (χ0n) is 8.10. The molecular formula is C10H19NO. The van der Waals surface area contributed by atoms with Crippen LogP contribution in [0.5, 0.6) is 0 Å². The Hall–Kier alpha value is -0.530. The monoisotopic (exact) mass is 169 g/mol. The Kier molecular flexibility index (Phi) is 3.57. The molecule has 0 aromatic rings. The summed E-state index contributed by atoms with van der Waals surface area (Å²) in [5, 5.41) is 3.03. The lowest BCUT2D eigenvalue weighted by Gasteiger charge is -2.21. The van der Waals surface area contributed by atoms with E-state index in [1.807, 2.05) is 0 Å². The van der Waals surface area contributed by atoms with Crippen molar-refractivity contribution in [2.45, 2.75) is 52.0 Å². The summed E-state index contributed by atoms with van der Waals surface area (Å²) in [4.78, 5) is 10.9. The third-order valence-corrected chi connectivity index (χ3v) is 2.75. The molecule has 2 heteroatoms. The average Bonchev–Trinajstić information content (AvgIpc) is 2.16. The minimum absolute atomic E-state index is 0.119. The highest BCUT2D eigenvalue weighted by Gasteiger charge is 2.19. The first-order valence-corrected chi connectivity index (χ1v) is 4.97. The highest BCUT2D eigenvalue weighted by atomic mass is 16.1. The van der Waals surface area contributed by atoms with Crippen LogP contribution in [0.1, 0.15) is 46.0 Å². The van der Waals surface area contributed by atoms with Crippen LogP contribution in [-0.2, 0) is 4.79 Å². The summed E-state index contributed by atoms with van der Waals surface area (Å²) >= 11 is 0. The molecule has 0 spiro atoms. The van der Waals surface area contributed by atoms with Crippen LogP contribution < -0.4 is 5.32 Å². The second-order valence-corrected chi connectivity index (χ2v) is 3.92. The molecule has 1 N–H and O–H groups in total. The van der Waals surface area contributed by atoms with Crippen LogP contribution in [0.15, 0.2) is 0 Å². The maximum atomic E-state index is 10.9. The first kappa shape index (κ1) is 9.56. The van der Waals surface area contributed by atoms with E-state index in [-0.39, 0.29) is 5.91 Å². The van der Waals surface area contributed by atoms with Gasteiger partial charge in [0.25, 0.3) is 0 Å². The Morgan fingerprint density at radius 3 is 2.58 bits per heavy atom. The summed E-state index contributed by atoms with van der Waals surface area (Å²) in [6.45, 7) is 3.85. The SMILES string of the molecule is CC(=O)N[C@H]1CCCCC[C@H]1C. The van der Waals surface area contributed by atoms with E-state index in [2.05, 4.69) is 12.2 Å². The molecule has 0 heterocycles. The minimum Gasteiger partial charge on any atom is -0.353 e. The largest absolute Gasteiger partial charge is 0.353 e. The molecule has 1 amide bonds. The van der Waals surface area contributed by atoms with Gasteiger partial charge in [0, 0.05) is 13.0 Å². The molecule has 0 aromatic carbocycles. The van der Waals surface area contributed by atoms with Crippen molar-refractivity contribution in [1.82, 2.24) is 5.32 Å². The molecule has 0 radical (unpaired) electrons. The lowest BCUT2D eigenvalue weighted by Crippen LogP contribution is -2.37. The van der Waals surface area contributed by atoms with Gasteiger partial charge in [0.2, 0.25) is 5.91 Å². The summed E-state index contributed by atoms with van der Waals surface area (Å²) in [5.74, 6) is 0.783. The highest BCUT2D eigenvalue weighted by molar-refractivity contribution is 5.73. The van der Waals surface area contributed by atoms with Crippen LogP contribution in [-0.4, -0.2) is 11.9 Å². The van der Waals surface area contributed by atoms with E-state index in [4.69, 9.17) is 0 Å². The normalized spacial score (nSPS) is 30.8. The topological polar surface area (TPSA) is 29.1 Å². The number of nitrogens with one attached hydrogen (secondary N) is 1. The van der Waals surface area contributed by atoms with Crippen molar-refractivity contribution in [2.75, 3.05) is 0 Å². The van der Waals surface area contributed by atoms with E-state index >= 15 is 0 Å². The molecule has 1 aliphatic carbocycles. The quantitative estimate of drug-likeness (QED) is 0.598. The van der Waals surface area contributed by atoms with Crippen molar-refractivity contribution in [3.05, 3.63) is 0 Å². The van der Waals surface area contributed by atoms with Crippen LogP contribution in [0, 0.1) is 5.92 Å². The number of amides is 1. The van der Waals surface area contributed by atoms with E-state index in [1.165, 1.54) is 32.1 Å². The molecule has 0 aromatic heterocycles. The van der Waals surface area contributed by atoms with Gasteiger partial charge in [-0.3, -0.25) is 4.79 Å². The second kappa shape index (κ2) is 4.48. The molecule has 1 saturated carbocycles. The molecule has 1 rings (SSSR count). The maximum absolute atomic E-state index is 10.9. The van der Waals surface area contributed by atoms with Gasteiger partial charge >= 0.3 is 0 Å². The molecule has 2 nitrogen and oxygen atoms in total. The number of hydrogen-bond acceptors (Lipinski definition) is 1. The van der Waals surface area contributed by atoms with Gasteiger partial charge in [-0.1, -0.05) is 26.2 Å². The van der Waals surface area contributed by atoms with Gasteiger partial charge in [0.1, 0.15) is 0 Å². The van der Waals surface area contributed by atoms with Gasteiger partial charge in [-0.15, -0.1) is 0 Å². The molecular weight excluding hydrogens is 150 g/mol. The van der Waals surface area contributed by atoms with Gasteiger partial charge in [0.15, 0.2) is 0 Å². The Bertz CT molecular complexity index is 156. The molecule has 0 aliphatic heterocycles. The van der Waals surface area contributed by atoms with E-state index in [0.29, 0.717) is 12.0 Å². The van der Waals surface area contributed by atoms with Crippen molar-refractivity contribution >= 4 is 5.91 Å². The predicted molar refractivity (Wildman–Crippen MR) is 49.9 cm³/mol. The zero-order valence-corrected chi connectivity index (χ0v) is 8.10. The number of rotatable bonds is 1. The van der Waals surface area contributed by atoms with E-state index in [0.717, 1.165) is 0 Å². The van der Waals surface area contributed by atoms with Crippen LogP contribution in [0.3, 0.4) is 0 Å². The van der Waals surface area contributed by atoms with Gasteiger partial charge < -0.3 is 5.32 Å². The smallest absolute Gasteiger partial charge is 0.217 e. The standard InChI is InChI=1S/C10H19NO/c1-8-6-4-3-5-7-10(8)11-9(2)12/h8,10H,3-7H2,1-2H3,(H,11,12)/t8-,10+/m1/s1. The molecule has 1 aliphatic rings. The minimum atomic E-state index is 0.119. The number of carbonyl (C=O) groups is 1. The molecule has 70 valence electrons. The van der Waals surface area contributed by atoms with Crippen molar-refractivity contribution in [3.8, 4) is 0 Å². The van der Waals surface area contributed by atoms with Gasteiger partial charge in [0.05, 0.1) is 0 Å². The molecule has 1 fully saturated rings. The summed E-state index contributed by atoms with van der Waals surface area (Å²) in [6.07, 6.45) is 6.37. The number of hydrogen-bond donors (Lipinski definition) is 1. The molecule has 0 bridgehead atoms. The Morgan fingerprint density at radius 2 is 1.92 bits per heavy atom. The fraction of sp³-hybridized carbons (Fsp3) is 0.900. The van der Waals surface area contributed by atoms with Gasteiger partial charge in [-0.05, 0) is 18.8 Å². The molecule has 0 unspecified atom stereocenters. The third-order valence-electron chi connectivity index (χ3n) is 2.75. The highest BCUT2D eigenvalue weighted by Crippen LogP contribution is 2.22. The zero-order chi connectivity index (χ0) is 8.97. The average molecular weight is 169 g/mol. The first-order valence-electron chi connectivity index (χ1n) is 4.97. The van der Waals surface area contributed by atoms with E-state index < -0.39 is 0 Å². The first-order chi connectivity index (χ1) is 5.70. The maximum Gasteiger partial charge on any atom is 0.217 e. The summed E-state index contributed by atoms with van der Waals surface area (Å²) < 4.78 is 0. The molecule has 2 atom stereocenters. The lowest BCUT2D eigenvalue weighted by atomic mass is 9.97. The van der Waals surface area contributed by atoms with Crippen molar-refractivity contribution in [2.24, 2.45) is 5.92 Å². The van der Waals surface area contributed by atoms with Crippen molar-refractivity contribution in [3.63, 3.8) is 0 Å². The lowest BCUT2D eigenvalue weighted by molar-refractivity contribution is -0.120. The fourth-order valence-electron chi connectivity index (χ4n) is 1.97. The summed E-state index contributed by atoms with van der Waals surface area (Å²) in [6, 6.07) is 0.435. The van der Waals surface area contributed by atoms with Crippen LogP contribution >= 0.6 is 0 Å². The fourth-order valence-corrected chi connectivity index (χ4v) is 1.97. The third kappa shape index (κ3) is 2.84. The predicted octanol–water partition coefficient (Wildman–Crippen LogP) is 2.09. The van der Waals surface area contributed by atoms with Crippen LogP contribution in [0.2, 0.25) is 0 Å².